The molecule has 1 aromatic carbocycles. The molecule has 0 saturated carbocycles. The molecular formula is C34H41N5O2S. The predicted molar refractivity (Wildman–Crippen MR) is 171 cm³/mol. The highest BCUT2D eigenvalue weighted by Gasteiger charge is 2.30. The number of rotatable bonds is 8. The van der Waals surface area contributed by atoms with Gasteiger partial charge in [0.25, 0.3) is 5.91 Å². The number of aromatic amines is 1. The molecule has 42 heavy (non-hydrogen) atoms. The molecule has 8 heteroatoms. The SMILES string of the molecule is CN1CC(NCC[C@@H](NC(=O)c2cc3cc4c(nc3s2)CC[C@H](C(C)(C)C)C4)c2ccc(-c3ccc(=O)[nH]c3)cc2)C1. The van der Waals surface area contributed by atoms with Gasteiger partial charge in [-0.05, 0) is 91.1 Å². The zero-order valence-corrected chi connectivity index (χ0v) is 25.8. The van der Waals surface area contributed by atoms with Crippen LogP contribution in [0.3, 0.4) is 0 Å². The minimum absolute atomic E-state index is 0.0540. The third-order valence-corrected chi connectivity index (χ3v) is 10.0. The Morgan fingerprint density at radius 2 is 1.88 bits per heavy atom. The van der Waals surface area contributed by atoms with Gasteiger partial charge in [0.05, 0.1) is 10.9 Å². The highest BCUT2D eigenvalue weighted by molar-refractivity contribution is 7.20. The number of fused-ring (bicyclic) bond motifs is 2. The number of likely N-dealkylation sites (tertiary alicyclic amines) is 1. The first-order valence-corrected chi connectivity index (χ1v) is 15.9. The van der Waals surface area contributed by atoms with E-state index < -0.39 is 0 Å². The van der Waals surface area contributed by atoms with Crippen LogP contribution in [-0.4, -0.2) is 53.5 Å². The van der Waals surface area contributed by atoms with E-state index >= 15 is 0 Å². The van der Waals surface area contributed by atoms with Crippen molar-refractivity contribution in [1.29, 1.82) is 0 Å². The molecule has 1 amide bonds. The van der Waals surface area contributed by atoms with Gasteiger partial charge in [0, 0.05) is 42.5 Å². The largest absolute Gasteiger partial charge is 0.344 e. The molecule has 3 N–H and O–H groups in total. The van der Waals surface area contributed by atoms with Crippen LogP contribution >= 0.6 is 11.3 Å². The maximum atomic E-state index is 13.6. The summed E-state index contributed by atoms with van der Waals surface area (Å²) in [5.41, 5.74) is 5.73. The smallest absolute Gasteiger partial charge is 0.261 e. The van der Waals surface area contributed by atoms with Crippen molar-refractivity contribution >= 4 is 27.5 Å². The van der Waals surface area contributed by atoms with Gasteiger partial charge in [-0.2, -0.15) is 0 Å². The maximum Gasteiger partial charge on any atom is 0.261 e. The van der Waals surface area contributed by atoms with Crippen LogP contribution < -0.4 is 16.2 Å². The molecule has 220 valence electrons. The van der Waals surface area contributed by atoms with Crippen molar-refractivity contribution in [3.63, 3.8) is 0 Å². The summed E-state index contributed by atoms with van der Waals surface area (Å²) >= 11 is 1.49. The van der Waals surface area contributed by atoms with Crippen molar-refractivity contribution in [3.8, 4) is 11.1 Å². The number of hydrogen-bond acceptors (Lipinski definition) is 6. The zero-order chi connectivity index (χ0) is 29.4. The molecule has 1 fully saturated rings. The standard InChI is InChI=1S/C34H41N5O2S/c1-34(2,3)26-10-11-28-24(16-26)15-25-17-30(42-33(25)38-28)32(41)37-29(13-14-35-27-19-39(4)20-27)22-7-5-21(6-8-22)23-9-12-31(40)36-18-23/h5-9,12,15,17-18,26-27,29,35H,10-11,13-14,16,19-20H2,1-4H3,(H,36,40)(H,37,41)/t26-,29+/m0/s1. The summed E-state index contributed by atoms with van der Waals surface area (Å²) in [7, 11) is 2.13. The fraction of sp³-hybridized carbons (Fsp3) is 0.441. The highest BCUT2D eigenvalue weighted by Crippen LogP contribution is 2.38. The number of hydrogen-bond donors (Lipinski definition) is 3. The first-order chi connectivity index (χ1) is 20.1. The van der Waals surface area contributed by atoms with Gasteiger partial charge in [-0.1, -0.05) is 45.0 Å². The lowest BCUT2D eigenvalue weighted by molar-refractivity contribution is 0.0937. The van der Waals surface area contributed by atoms with Gasteiger partial charge in [-0.3, -0.25) is 9.59 Å². The van der Waals surface area contributed by atoms with Crippen LogP contribution in [0.25, 0.3) is 21.3 Å². The van der Waals surface area contributed by atoms with Crippen LogP contribution in [0.4, 0.5) is 0 Å². The van der Waals surface area contributed by atoms with Crippen molar-refractivity contribution in [1.82, 2.24) is 25.5 Å². The fourth-order valence-electron chi connectivity index (χ4n) is 6.28. The van der Waals surface area contributed by atoms with E-state index in [0.29, 0.717) is 16.8 Å². The van der Waals surface area contributed by atoms with E-state index in [-0.39, 0.29) is 22.9 Å². The molecule has 0 radical (unpaired) electrons. The van der Waals surface area contributed by atoms with Crippen molar-refractivity contribution < 1.29 is 4.79 Å². The third kappa shape index (κ3) is 6.36. The number of aromatic nitrogens is 2. The maximum absolute atomic E-state index is 13.6. The molecule has 0 unspecified atom stereocenters. The average molecular weight is 584 g/mol. The Morgan fingerprint density at radius 1 is 1.12 bits per heavy atom. The molecule has 2 atom stereocenters. The van der Waals surface area contributed by atoms with Crippen LogP contribution in [0.15, 0.2) is 59.5 Å². The quantitative estimate of drug-likeness (QED) is 0.253. The van der Waals surface area contributed by atoms with Gasteiger partial charge in [0.2, 0.25) is 5.56 Å². The molecule has 7 nitrogen and oxygen atoms in total. The molecule has 1 aliphatic carbocycles. The molecule has 2 aliphatic rings. The predicted octanol–water partition coefficient (Wildman–Crippen LogP) is 5.57. The normalized spacial score (nSPS) is 18.4. The number of amides is 1. The molecular weight excluding hydrogens is 542 g/mol. The zero-order valence-electron chi connectivity index (χ0n) is 25.0. The second-order valence-electron chi connectivity index (χ2n) is 13.2. The van der Waals surface area contributed by atoms with E-state index in [2.05, 4.69) is 78.7 Å². The first-order valence-electron chi connectivity index (χ1n) is 15.1. The summed E-state index contributed by atoms with van der Waals surface area (Å²) in [6.07, 6.45) is 5.75. The van der Waals surface area contributed by atoms with Crippen LogP contribution in [0.5, 0.6) is 0 Å². The Kier molecular flexibility index (Phi) is 8.05. The Hall–Kier alpha value is -3.33. The Bertz CT molecular complexity index is 1610. The first kappa shape index (κ1) is 28.8. The fourth-order valence-corrected chi connectivity index (χ4v) is 7.22. The van der Waals surface area contributed by atoms with Crippen molar-refractivity contribution in [2.75, 3.05) is 26.7 Å². The lowest BCUT2D eigenvalue weighted by atomic mass is 9.71. The Balaban J connectivity index is 1.20. The second kappa shape index (κ2) is 11.7. The monoisotopic (exact) mass is 583 g/mol. The summed E-state index contributed by atoms with van der Waals surface area (Å²) in [5.74, 6) is 0.595. The number of carbonyl (C=O) groups excluding carboxylic acids is 1. The van der Waals surface area contributed by atoms with Gasteiger partial charge in [-0.15, -0.1) is 11.3 Å². The van der Waals surface area contributed by atoms with E-state index in [1.165, 1.54) is 35.1 Å². The molecule has 4 aromatic rings. The molecule has 1 aliphatic heterocycles. The second-order valence-corrected chi connectivity index (χ2v) is 14.2. The van der Waals surface area contributed by atoms with E-state index in [1.807, 2.05) is 12.1 Å². The average Bonchev–Trinajstić information content (AvgIpc) is 3.37. The lowest BCUT2D eigenvalue weighted by Crippen LogP contribution is -2.56. The number of carbonyl (C=O) groups is 1. The van der Waals surface area contributed by atoms with E-state index in [0.717, 1.165) is 65.8 Å². The summed E-state index contributed by atoms with van der Waals surface area (Å²) in [6, 6.07) is 16.3. The number of nitrogens with zero attached hydrogens (tertiary/aromatic N) is 2. The van der Waals surface area contributed by atoms with Gasteiger partial charge in [0.15, 0.2) is 0 Å². The number of benzene rings is 1. The molecule has 0 bridgehead atoms. The van der Waals surface area contributed by atoms with E-state index in [1.54, 1.807) is 6.20 Å². The summed E-state index contributed by atoms with van der Waals surface area (Å²) < 4.78 is 0. The number of likely N-dealkylation sites (N-methyl/N-ethyl adjacent to an activating group) is 1. The molecule has 6 rings (SSSR count). The van der Waals surface area contributed by atoms with E-state index in [4.69, 9.17) is 4.98 Å². The van der Waals surface area contributed by atoms with Crippen LogP contribution in [-0.2, 0) is 12.8 Å². The van der Waals surface area contributed by atoms with Crippen LogP contribution in [0.1, 0.15) is 66.1 Å². The Morgan fingerprint density at radius 3 is 2.57 bits per heavy atom. The molecule has 3 aromatic heterocycles. The summed E-state index contributed by atoms with van der Waals surface area (Å²) in [6.45, 7) is 9.92. The van der Waals surface area contributed by atoms with Crippen LogP contribution in [0.2, 0.25) is 0 Å². The highest BCUT2D eigenvalue weighted by atomic mass is 32.1. The third-order valence-electron chi connectivity index (χ3n) is 8.99. The summed E-state index contributed by atoms with van der Waals surface area (Å²) in [5, 5.41) is 8.04. The summed E-state index contributed by atoms with van der Waals surface area (Å²) in [4.78, 5) is 36.8. The van der Waals surface area contributed by atoms with Crippen molar-refractivity contribution in [2.24, 2.45) is 11.3 Å². The number of H-pyrrole nitrogens is 1. The van der Waals surface area contributed by atoms with Crippen molar-refractivity contribution in [3.05, 3.63) is 86.8 Å². The number of nitrogens with one attached hydrogen (secondary N) is 3. The van der Waals surface area contributed by atoms with Crippen molar-refractivity contribution in [2.45, 2.75) is 58.5 Å². The van der Waals surface area contributed by atoms with Gasteiger partial charge in [-0.25, -0.2) is 4.98 Å². The lowest BCUT2D eigenvalue weighted by Gasteiger charge is -2.37. The molecule has 4 heterocycles. The molecule has 1 saturated heterocycles. The number of thiophene rings is 1. The number of pyridine rings is 2. The minimum atomic E-state index is -0.133. The van der Waals surface area contributed by atoms with Gasteiger partial charge >= 0.3 is 0 Å². The van der Waals surface area contributed by atoms with Gasteiger partial charge in [0.1, 0.15) is 4.83 Å². The van der Waals surface area contributed by atoms with Crippen LogP contribution in [0, 0.1) is 11.3 Å². The molecule has 0 spiro atoms. The minimum Gasteiger partial charge on any atom is -0.344 e. The van der Waals surface area contributed by atoms with Gasteiger partial charge < -0.3 is 20.5 Å². The van der Waals surface area contributed by atoms with E-state index in [9.17, 15) is 9.59 Å². The Labute approximate surface area is 251 Å². The topological polar surface area (TPSA) is 90.1 Å². The number of aryl methyl sites for hydroxylation is 1.